The lowest BCUT2D eigenvalue weighted by molar-refractivity contribution is -0.118. The van der Waals surface area contributed by atoms with Crippen LogP contribution >= 0.6 is 0 Å². The number of nitrogens with zero attached hydrogens (tertiary/aromatic N) is 5. The Morgan fingerprint density at radius 1 is 1.13 bits per heavy atom. The molecule has 6 rings (SSSR count). The van der Waals surface area contributed by atoms with Crippen LogP contribution in [0.15, 0.2) is 48.7 Å². The first-order valence-electron chi connectivity index (χ1n) is 15.3. The smallest absolute Gasteiger partial charge is 0.415 e. The fourth-order valence-electron chi connectivity index (χ4n) is 5.31. The molecular formula is C32H37N7O7. The zero-order valence-corrected chi connectivity index (χ0v) is 26.0. The number of hydrogen-bond donors (Lipinski definition) is 2. The molecule has 2 unspecified atom stereocenters. The maximum absolute atomic E-state index is 12.5. The van der Waals surface area contributed by atoms with Gasteiger partial charge in [0.25, 0.3) is 5.91 Å². The molecule has 3 amide bonds. The number of anilines is 2. The van der Waals surface area contributed by atoms with Crippen LogP contribution in [0.3, 0.4) is 0 Å². The summed E-state index contributed by atoms with van der Waals surface area (Å²) in [6, 6.07) is 13.0. The molecule has 0 aliphatic carbocycles. The zero-order chi connectivity index (χ0) is 32.3. The van der Waals surface area contributed by atoms with Crippen LogP contribution in [0.4, 0.5) is 21.2 Å². The van der Waals surface area contributed by atoms with E-state index in [1.807, 2.05) is 45.0 Å². The number of carbonyl (C=O) groups excluding carboxylic acids is 3. The number of benzene rings is 1. The van der Waals surface area contributed by atoms with Crippen LogP contribution < -0.4 is 25.0 Å². The number of likely N-dealkylation sites (tertiary alicyclic amines) is 1. The first kappa shape index (κ1) is 31.0. The lowest BCUT2D eigenvalue weighted by Crippen LogP contribution is -2.36. The van der Waals surface area contributed by atoms with Gasteiger partial charge in [0.2, 0.25) is 5.88 Å². The second-order valence-corrected chi connectivity index (χ2v) is 12.3. The van der Waals surface area contributed by atoms with E-state index in [-0.39, 0.29) is 30.8 Å². The lowest BCUT2D eigenvalue weighted by atomic mass is 10.1. The normalized spacial score (nSPS) is 19.3. The SMILES string of the molecule is CC(C)(C)OC(=O)N1CCC(Oc2ccnc(-c3cccc(CNCCC4CN(c5ccc6c(n5)NC(=O)CO6)C(=O)O4)c3)n2)C1. The van der Waals surface area contributed by atoms with Crippen molar-refractivity contribution in [1.82, 2.24) is 25.2 Å². The van der Waals surface area contributed by atoms with Crippen LogP contribution in [-0.2, 0) is 20.8 Å². The van der Waals surface area contributed by atoms with Crippen molar-refractivity contribution in [2.75, 3.05) is 43.0 Å². The molecule has 0 spiro atoms. The molecular weight excluding hydrogens is 594 g/mol. The number of ether oxygens (including phenoxy) is 4. The standard InChI is InChI=1S/C32H37N7O7/c1-32(2,3)46-30(41)38-14-11-23(17-38)44-27-10-13-34-28(37-27)21-6-4-5-20(15-21)16-33-12-9-22-18-39(31(42)45-22)25-8-7-24-29(35-25)36-26(40)19-43-24/h4-8,10,13,15,22-23,33H,9,11-12,14,16-19H2,1-3H3,(H,35,36,40). The highest BCUT2D eigenvalue weighted by molar-refractivity contribution is 5.95. The van der Waals surface area contributed by atoms with Gasteiger partial charge >= 0.3 is 12.2 Å². The maximum Gasteiger partial charge on any atom is 0.415 e. The number of hydrogen-bond acceptors (Lipinski definition) is 11. The largest absolute Gasteiger partial charge is 0.480 e. The van der Waals surface area contributed by atoms with E-state index in [1.165, 1.54) is 4.90 Å². The number of aromatic nitrogens is 3. The molecule has 2 fully saturated rings. The summed E-state index contributed by atoms with van der Waals surface area (Å²) >= 11 is 0. The van der Waals surface area contributed by atoms with Gasteiger partial charge in [-0.05, 0) is 57.5 Å². The molecule has 5 heterocycles. The molecule has 2 aromatic heterocycles. The summed E-state index contributed by atoms with van der Waals surface area (Å²) < 4.78 is 22.5. The van der Waals surface area contributed by atoms with Gasteiger partial charge in [-0.25, -0.2) is 19.6 Å². The van der Waals surface area contributed by atoms with E-state index >= 15 is 0 Å². The third-order valence-corrected chi connectivity index (χ3v) is 7.48. The van der Waals surface area contributed by atoms with E-state index in [9.17, 15) is 14.4 Å². The molecule has 0 bridgehead atoms. The van der Waals surface area contributed by atoms with Crippen molar-refractivity contribution in [1.29, 1.82) is 0 Å². The minimum absolute atomic E-state index is 0.0611. The molecule has 0 radical (unpaired) electrons. The minimum atomic E-state index is -0.547. The average Bonchev–Trinajstić information content (AvgIpc) is 3.65. The third-order valence-electron chi connectivity index (χ3n) is 7.48. The van der Waals surface area contributed by atoms with Gasteiger partial charge in [-0.3, -0.25) is 9.69 Å². The van der Waals surface area contributed by atoms with Crippen molar-refractivity contribution < 1.29 is 33.3 Å². The summed E-state index contributed by atoms with van der Waals surface area (Å²) in [7, 11) is 0. The summed E-state index contributed by atoms with van der Waals surface area (Å²) in [6.07, 6.45) is 1.67. The van der Waals surface area contributed by atoms with E-state index in [4.69, 9.17) is 18.9 Å². The van der Waals surface area contributed by atoms with Gasteiger partial charge in [-0.1, -0.05) is 18.2 Å². The van der Waals surface area contributed by atoms with Crippen molar-refractivity contribution in [3.63, 3.8) is 0 Å². The van der Waals surface area contributed by atoms with Crippen molar-refractivity contribution in [3.8, 4) is 23.0 Å². The average molecular weight is 632 g/mol. The summed E-state index contributed by atoms with van der Waals surface area (Å²) in [5, 5.41) is 6.07. The molecule has 2 N–H and O–H groups in total. The summed E-state index contributed by atoms with van der Waals surface area (Å²) in [5.74, 6) is 1.85. The van der Waals surface area contributed by atoms with Crippen LogP contribution in [0.5, 0.6) is 11.6 Å². The molecule has 46 heavy (non-hydrogen) atoms. The van der Waals surface area contributed by atoms with Crippen LogP contribution in [-0.4, -0.2) is 88.5 Å². The van der Waals surface area contributed by atoms with Gasteiger partial charge in [0.1, 0.15) is 23.6 Å². The van der Waals surface area contributed by atoms with Crippen LogP contribution in [0.1, 0.15) is 39.2 Å². The first-order valence-corrected chi connectivity index (χ1v) is 15.3. The molecule has 2 atom stereocenters. The monoisotopic (exact) mass is 631 g/mol. The highest BCUT2D eigenvalue weighted by Gasteiger charge is 2.34. The van der Waals surface area contributed by atoms with E-state index in [2.05, 4.69) is 25.6 Å². The summed E-state index contributed by atoms with van der Waals surface area (Å²) in [4.78, 5) is 53.1. The van der Waals surface area contributed by atoms with Crippen LogP contribution in [0, 0.1) is 0 Å². The van der Waals surface area contributed by atoms with E-state index in [0.29, 0.717) is 74.7 Å². The topological polar surface area (TPSA) is 157 Å². The van der Waals surface area contributed by atoms with Crippen LogP contribution in [0.25, 0.3) is 11.4 Å². The second-order valence-electron chi connectivity index (χ2n) is 12.3. The Hall–Kier alpha value is -4.98. The Bertz CT molecular complexity index is 1610. The third kappa shape index (κ3) is 7.62. The number of nitrogens with one attached hydrogen (secondary N) is 2. The van der Waals surface area contributed by atoms with Crippen LogP contribution in [0.2, 0.25) is 0 Å². The van der Waals surface area contributed by atoms with Gasteiger partial charge in [0.15, 0.2) is 24.0 Å². The number of cyclic esters (lactones) is 1. The van der Waals surface area contributed by atoms with E-state index < -0.39 is 11.7 Å². The molecule has 3 aliphatic heterocycles. The molecule has 242 valence electrons. The van der Waals surface area contributed by atoms with Gasteiger partial charge in [-0.15, -0.1) is 0 Å². The number of fused-ring (bicyclic) bond motifs is 1. The molecule has 3 aromatic rings. The molecule has 1 aromatic carbocycles. The Kier molecular flexibility index (Phi) is 8.88. The number of amides is 3. The number of carbonyl (C=O) groups is 3. The predicted octanol–water partition coefficient (Wildman–Crippen LogP) is 3.76. The molecule has 0 saturated carbocycles. The second kappa shape index (κ2) is 13.2. The molecule has 2 saturated heterocycles. The molecule has 14 nitrogen and oxygen atoms in total. The summed E-state index contributed by atoms with van der Waals surface area (Å²) in [6.45, 7) is 8.07. The number of rotatable bonds is 9. The van der Waals surface area contributed by atoms with Crippen molar-refractivity contribution in [2.45, 2.75) is 58.0 Å². The predicted molar refractivity (Wildman–Crippen MR) is 167 cm³/mol. The summed E-state index contributed by atoms with van der Waals surface area (Å²) in [5.41, 5.74) is 1.35. The Balaban J connectivity index is 0.976. The van der Waals surface area contributed by atoms with Crippen molar-refractivity contribution in [3.05, 3.63) is 54.2 Å². The fraction of sp³-hybridized carbons (Fsp3) is 0.438. The highest BCUT2D eigenvalue weighted by atomic mass is 16.6. The Morgan fingerprint density at radius 2 is 2.00 bits per heavy atom. The molecule has 3 aliphatic rings. The Morgan fingerprint density at radius 3 is 2.85 bits per heavy atom. The van der Waals surface area contributed by atoms with Gasteiger partial charge in [0.05, 0.1) is 13.1 Å². The lowest BCUT2D eigenvalue weighted by Gasteiger charge is -2.24. The number of pyridine rings is 1. The van der Waals surface area contributed by atoms with E-state index in [1.54, 1.807) is 29.3 Å². The van der Waals surface area contributed by atoms with Crippen molar-refractivity contribution in [2.24, 2.45) is 0 Å². The highest BCUT2D eigenvalue weighted by Crippen LogP contribution is 2.30. The van der Waals surface area contributed by atoms with E-state index in [0.717, 1.165) is 11.1 Å². The van der Waals surface area contributed by atoms with Gasteiger partial charge in [-0.2, -0.15) is 4.98 Å². The van der Waals surface area contributed by atoms with Gasteiger partial charge < -0.3 is 34.5 Å². The first-order chi connectivity index (χ1) is 22.1. The maximum atomic E-state index is 12.5. The minimum Gasteiger partial charge on any atom is -0.480 e. The fourth-order valence-corrected chi connectivity index (χ4v) is 5.31. The quantitative estimate of drug-likeness (QED) is 0.331. The Labute approximate surface area is 266 Å². The zero-order valence-electron chi connectivity index (χ0n) is 26.0. The van der Waals surface area contributed by atoms with Gasteiger partial charge in [0, 0.05) is 37.3 Å². The molecule has 14 heteroatoms. The van der Waals surface area contributed by atoms with Crippen molar-refractivity contribution >= 4 is 29.7 Å².